The van der Waals surface area contributed by atoms with Crippen LogP contribution in [-0.2, 0) is 6.61 Å². The molecule has 0 aromatic heterocycles. The minimum atomic E-state index is -0.654. The van der Waals surface area contributed by atoms with Crippen molar-refractivity contribution in [1.29, 1.82) is 5.41 Å². The number of nitrogens with zero attached hydrogens (tertiary/aromatic N) is 1. The summed E-state index contributed by atoms with van der Waals surface area (Å²) in [7, 11) is 0. The Kier molecular flexibility index (Phi) is 4.13. The van der Waals surface area contributed by atoms with Crippen LogP contribution in [0, 0.1) is 21.3 Å². The van der Waals surface area contributed by atoms with E-state index in [0.29, 0.717) is 5.56 Å². The van der Waals surface area contributed by atoms with Gasteiger partial charge in [-0.15, -0.1) is 0 Å². The van der Waals surface area contributed by atoms with Gasteiger partial charge in [0.25, 0.3) is 5.69 Å². The summed E-state index contributed by atoms with van der Waals surface area (Å²) >= 11 is 0. The second kappa shape index (κ2) is 6.00. The van der Waals surface area contributed by atoms with Crippen LogP contribution in [-0.4, -0.2) is 10.8 Å². The number of non-ortho nitro benzene ring substituents is 1. The number of hydrogen-bond donors (Lipinski definition) is 2. The van der Waals surface area contributed by atoms with Crippen molar-refractivity contribution < 1.29 is 14.1 Å². The van der Waals surface area contributed by atoms with Crippen molar-refractivity contribution in [2.24, 2.45) is 5.73 Å². The van der Waals surface area contributed by atoms with Gasteiger partial charge in [-0.2, -0.15) is 0 Å². The smallest absolute Gasteiger partial charge is 0.269 e. The van der Waals surface area contributed by atoms with Crippen LogP contribution in [0.1, 0.15) is 11.1 Å². The molecule has 0 unspecified atom stereocenters. The number of halogens is 1. The molecule has 7 heteroatoms. The zero-order valence-corrected chi connectivity index (χ0v) is 10.9. The number of nitrogen functional groups attached to an aromatic ring is 1. The number of hydrogen-bond acceptors (Lipinski definition) is 4. The minimum absolute atomic E-state index is 0.00537. The summed E-state index contributed by atoms with van der Waals surface area (Å²) in [6.07, 6.45) is 0. The van der Waals surface area contributed by atoms with Crippen LogP contribution >= 0.6 is 0 Å². The third-order valence-electron chi connectivity index (χ3n) is 2.76. The highest BCUT2D eigenvalue weighted by atomic mass is 19.1. The lowest BCUT2D eigenvalue weighted by atomic mass is 10.1. The fraction of sp³-hybridized carbons (Fsp3) is 0.0714. The Bertz CT molecular complexity index is 704. The molecule has 108 valence electrons. The van der Waals surface area contributed by atoms with E-state index < -0.39 is 16.6 Å². The molecule has 0 amide bonds. The van der Waals surface area contributed by atoms with Gasteiger partial charge < -0.3 is 10.5 Å². The first-order chi connectivity index (χ1) is 9.99. The maximum Gasteiger partial charge on any atom is 0.269 e. The lowest BCUT2D eigenvalue weighted by molar-refractivity contribution is -0.384. The number of nitrogens with one attached hydrogen (secondary N) is 1. The van der Waals surface area contributed by atoms with Crippen LogP contribution in [0.25, 0.3) is 0 Å². The Morgan fingerprint density at radius 3 is 2.71 bits per heavy atom. The average Bonchev–Trinajstić information content (AvgIpc) is 2.45. The first-order valence-electron chi connectivity index (χ1n) is 5.98. The molecular weight excluding hydrogens is 277 g/mol. The van der Waals surface area contributed by atoms with E-state index in [2.05, 4.69) is 0 Å². The van der Waals surface area contributed by atoms with E-state index in [1.54, 1.807) is 6.07 Å². The average molecular weight is 289 g/mol. The van der Waals surface area contributed by atoms with Gasteiger partial charge >= 0.3 is 0 Å². The summed E-state index contributed by atoms with van der Waals surface area (Å²) < 4.78 is 19.0. The molecule has 21 heavy (non-hydrogen) atoms. The molecule has 0 fully saturated rings. The Balaban J connectivity index is 2.21. The molecular formula is C14H12FN3O3. The van der Waals surface area contributed by atoms with Crippen LogP contribution in [0.5, 0.6) is 5.75 Å². The Labute approximate surface area is 119 Å². The highest BCUT2D eigenvalue weighted by Crippen LogP contribution is 2.22. The molecule has 2 rings (SSSR count). The second-order valence-electron chi connectivity index (χ2n) is 4.24. The van der Waals surface area contributed by atoms with Gasteiger partial charge in [0.1, 0.15) is 24.0 Å². The molecule has 0 aliphatic heterocycles. The fourth-order valence-corrected chi connectivity index (χ4v) is 1.81. The van der Waals surface area contributed by atoms with E-state index in [1.807, 2.05) is 0 Å². The van der Waals surface area contributed by atoms with Crippen LogP contribution < -0.4 is 10.5 Å². The van der Waals surface area contributed by atoms with Crippen LogP contribution in [0.3, 0.4) is 0 Å². The first kappa shape index (κ1) is 14.4. The molecule has 0 saturated carbocycles. The maximum absolute atomic E-state index is 13.6. The summed E-state index contributed by atoms with van der Waals surface area (Å²) in [5.41, 5.74) is 5.70. The number of nitrogens with two attached hydrogens (primary N) is 1. The molecule has 0 aliphatic carbocycles. The van der Waals surface area contributed by atoms with Gasteiger partial charge in [0.15, 0.2) is 0 Å². The molecule has 3 N–H and O–H groups in total. The lowest BCUT2D eigenvalue weighted by Gasteiger charge is -2.11. The van der Waals surface area contributed by atoms with Gasteiger partial charge in [-0.25, -0.2) is 4.39 Å². The summed E-state index contributed by atoms with van der Waals surface area (Å²) in [5, 5.41) is 18.0. The third-order valence-corrected chi connectivity index (χ3v) is 2.76. The minimum Gasteiger partial charge on any atom is -0.488 e. The molecule has 0 aliphatic rings. The van der Waals surface area contributed by atoms with E-state index in [4.69, 9.17) is 15.9 Å². The predicted molar refractivity (Wildman–Crippen MR) is 74.8 cm³/mol. The maximum atomic E-state index is 13.6. The molecule has 0 atom stereocenters. The number of ether oxygens (including phenoxy) is 1. The van der Waals surface area contributed by atoms with E-state index in [1.165, 1.54) is 36.4 Å². The Morgan fingerprint density at radius 1 is 1.33 bits per heavy atom. The van der Waals surface area contributed by atoms with E-state index >= 15 is 0 Å². The van der Waals surface area contributed by atoms with Crippen molar-refractivity contribution in [3.05, 3.63) is 69.5 Å². The second-order valence-corrected chi connectivity index (χ2v) is 4.24. The Hall–Kier alpha value is -2.96. The SMILES string of the molecule is N=C(N)c1c(F)cccc1OCc1cccc([N+](=O)[O-])c1. The van der Waals surface area contributed by atoms with Gasteiger partial charge in [-0.05, 0) is 17.7 Å². The summed E-state index contributed by atoms with van der Waals surface area (Å²) in [6.45, 7) is 0.00537. The largest absolute Gasteiger partial charge is 0.488 e. The van der Waals surface area contributed by atoms with Crippen molar-refractivity contribution in [1.82, 2.24) is 0 Å². The van der Waals surface area contributed by atoms with E-state index in [9.17, 15) is 14.5 Å². The summed E-state index contributed by atoms with van der Waals surface area (Å²) in [4.78, 5) is 10.2. The molecule has 0 spiro atoms. The monoisotopic (exact) mass is 289 g/mol. The van der Waals surface area contributed by atoms with Gasteiger partial charge in [0, 0.05) is 12.1 Å². The zero-order valence-electron chi connectivity index (χ0n) is 10.9. The van der Waals surface area contributed by atoms with Crippen LogP contribution in [0.4, 0.5) is 10.1 Å². The normalized spacial score (nSPS) is 10.1. The van der Waals surface area contributed by atoms with Gasteiger partial charge in [0.05, 0.1) is 10.5 Å². The lowest BCUT2D eigenvalue weighted by Crippen LogP contribution is -2.15. The van der Waals surface area contributed by atoms with Crippen molar-refractivity contribution in [2.45, 2.75) is 6.61 Å². The molecule has 0 radical (unpaired) electrons. The molecule has 2 aromatic carbocycles. The number of amidine groups is 1. The molecule has 6 nitrogen and oxygen atoms in total. The van der Waals surface area contributed by atoms with Crippen molar-refractivity contribution >= 4 is 11.5 Å². The van der Waals surface area contributed by atoms with Gasteiger partial charge in [-0.3, -0.25) is 15.5 Å². The third kappa shape index (κ3) is 3.33. The topological polar surface area (TPSA) is 102 Å². The number of nitro benzene ring substituents is 1. The van der Waals surface area contributed by atoms with E-state index in [-0.39, 0.29) is 23.6 Å². The van der Waals surface area contributed by atoms with Crippen molar-refractivity contribution in [3.8, 4) is 5.75 Å². The number of benzene rings is 2. The highest BCUT2D eigenvalue weighted by molar-refractivity contribution is 5.97. The van der Waals surface area contributed by atoms with Gasteiger partial charge in [-0.1, -0.05) is 18.2 Å². The fourth-order valence-electron chi connectivity index (χ4n) is 1.81. The Morgan fingerprint density at radius 2 is 2.05 bits per heavy atom. The zero-order chi connectivity index (χ0) is 15.4. The summed E-state index contributed by atoms with van der Waals surface area (Å²) in [6, 6.07) is 10.0. The number of rotatable bonds is 5. The standard InChI is InChI=1S/C14H12FN3O3/c15-11-5-2-6-12(13(11)14(16)17)21-8-9-3-1-4-10(7-9)18(19)20/h1-7H,8H2,(H3,16,17). The van der Waals surface area contributed by atoms with Crippen LogP contribution in [0.15, 0.2) is 42.5 Å². The summed E-state index contributed by atoms with van der Waals surface area (Å²) in [5.74, 6) is -0.977. The molecule has 2 aromatic rings. The molecule has 0 heterocycles. The number of nitro groups is 1. The molecule has 0 bridgehead atoms. The van der Waals surface area contributed by atoms with E-state index in [0.717, 1.165) is 0 Å². The predicted octanol–water partition coefficient (Wildman–Crippen LogP) is 2.60. The quantitative estimate of drug-likeness (QED) is 0.382. The van der Waals surface area contributed by atoms with Crippen molar-refractivity contribution in [3.63, 3.8) is 0 Å². The highest BCUT2D eigenvalue weighted by Gasteiger charge is 2.13. The molecule has 0 saturated heterocycles. The van der Waals surface area contributed by atoms with Crippen molar-refractivity contribution in [2.75, 3.05) is 0 Å². The van der Waals surface area contributed by atoms with Gasteiger partial charge in [0.2, 0.25) is 0 Å². The first-order valence-corrected chi connectivity index (χ1v) is 5.98. The van der Waals surface area contributed by atoms with Crippen LogP contribution in [0.2, 0.25) is 0 Å².